The molecule has 3 rings (SSSR count). The summed E-state index contributed by atoms with van der Waals surface area (Å²) in [5.41, 5.74) is 0.498. The van der Waals surface area contributed by atoms with E-state index in [1.54, 1.807) is 23.7 Å². The number of halogens is 1. The molecule has 8 heteroatoms. The normalized spacial score (nSPS) is 10.8. The SMILES string of the molecule is C#CCOc1nc2c(c(=O)n(C)c(=O)n2C)n1Cc1ccc(Cl)cc1. The monoisotopic (exact) mass is 358 g/mol. The summed E-state index contributed by atoms with van der Waals surface area (Å²) in [6.07, 6.45) is 5.25. The van der Waals surface area contributed by atoms with Gasteiger partial charge in [0.15, 0.2) is 17.8 Å². The van der Waals surface area contributed by atoms with Gasteiger partial charge in [0.2, 0.25) is 0 Å². The van der Waals surface area contributed by atoms with Gasteiger partial charge >= 0.3 is 5.69 Å². The molecular weight excluding hydrogens is 344 g/mol. The Labute approximate surface area is 148 Å². The van der Waals surface area contributed by atoms with Crippen LogP contribution >= 0.6 is 11.6 Å². The van der Waals surface area contributed by atoms with Crippen molar-refractivity contribution in [2.75, 3.05) is 6.61 Å². The molecule has 0 N–H and O–H groups in total. The molecule has 2 aromatic heterocycles. The molecule has 128 valence electrons. The zero-order chi connectivity index (χ0) is 18.1. The highest BCUT2D eigenvalue weighted by Crippen LogP contribution is 2.20. The van der Waals surface area contributed by atoms with E-state index in [4.69, 9.17) is 22.8 Å². The van der Waals surface area contributed by atoms with Gasteiger partial charge in [-0.15, -0.1) is 6.42 Å². The first-order valence-electron chi connectivity index (χ1n) is 7.41. The van der Waals surface area contributed by atoms with Crippen LogP contribution in [0.2, 0.25) is 5.02 Å². The van der Waals surface area contributed by atoms with Crippen LogP contribution in [0.15, 0.2) is 33.9 Å². The summed E-state index contributed by atoms with van der Waals surface area (Å²) in [6, 6.07) is 7.37. The number of imidazole rings is 1. The average molecular weight is 359 g/mol. The lowest BCUT2D eigenvalue weighted by Gasteiger charge is -2.09. The molecule has 0 spiro atoms. The number of hydrogen-bond acceptors (Lipinski definition) is 4. The predicted octanol–water partition coefficient (Wildman–Crippen LogP) is 1.15. The fourth-order valence-electron chi connectivity index (χ4n) is 2.56. The third-order valence-electron chi connectivity index (χ3n) is 3.85. The molecule has 25 heavy (non-hydrogen) atoms. The molecule has 0 saturated heterocycles. The van der Waals surface area contributed by atoms with Crippen LogP contribution in [0.25, 0.3) is 11.2 Å². The molecule has 0 bridgehead atoms. The lowest BCUT2D eigenvalue weighted by molar-refractivity contribution is 0.326. The third kappa shape index (κ3) is 2.92. The van der Waals surface area contributed by atoms with Crippen molar-refractivity contribution in [3.63, 3.8) is 0 Å². The van der Waals surface area contributed by atoms with Crippen LogP contribution in [0.5, 0.6) is 6.01 Å². The van der Waals surface area contributed by atoms with Crippen LogP contribution in [-0.2, 0) is 20.6 Å². The Morgan fingerprint density at radius 2 is 1.88 bits per heavy atom. The Hall–Kier alpha value is -2.98. The maximum atomic E-state index is 12.6. The highest BCUT2D eigenvalue weighted by atomic mass is 35.5. The standard InChI is InChI=1S/C17H15ClN4O3/c1-4-9-25-16-19-14-13(15(23)21(3)17(24)20(14)2)22(16)10-11-5-7-12(18)8-6-11/h1,5-8H,9-10H2,2-3H3. The van der Waals surface area contributed by atoms with E-state index in [0.717, 1.165) is 10.1 Å². The van der Waals surface area contributed by atoms with E-state index in [-0.39, 0.29) is 23.8 Å². The second-order valence-electron chi connectivity index (χ2n) is 5.48. The van der Waals surface area contributed by atoms with E-state index in [9.17, 15) is 9.59 Å². The Morgan fingerprint density at radius 1 is 1.20 bits per heavy atom. The van der Waals surface area contributed by atoms with Gasteiger partial charge in [0.25, 0.3) is 11.6 Å². The van der Waals surface area contributed by atoms with E-state index in [2.05, 4.69) is 10.9 Å². The number of fused-ring (bicyclic) bond motifs is 1. The number of terminal acetylenes is 1. The molecule has 0 amide bonds. The van der Waals surface area contributed by atoms with Crippen LogP contribution in [0.4, 0.5) is 0 Å². The maximum absolute atomic E-state index is 12.6. The smallest absolute Gasteiger partial charge is 0.332 e. The van der Waals surface area contributed by atoms with Crippen molar-refractivity contribution in [2.24, 2.45) is 14.1 Å². The van der Waals surface area contributed by atoms with Crippen LogP contribution < -0.4 is 16.0 Å². The van der Waals surface area contributed by atoms with E-state index in [1.165, 1.54) is 11.6 Å². The van der Waals surface area contributed by atoms with Gasteiger partial charge in [-0.25, -0.2) is 4.79 Å². The van der Waals surface area contributed by atoms with Crippen molar-refractivity contribution in [1.82, 2.24) is 18.7 Å². The Kier molecular flexibility index (Phi) is 4.38. The molecule has 3 aromatic rings. The number of ether oxygens (including phenoxy) is 1. The molecular formula is C17H15ClN4O3. The quantitative estimate of drug-likeness (QED) is 0.656. The van der Waals surface area contributed by atoms with Crippen LogP contribution in [-0.4, -0.2) is 25.3 Å². The molecule has 0 atom stereocenters. The van der Waals surface area contributed by atoms with Gasteiger partial charge in [0.1, 0.15) is 0 Å². The predicted molar refractivity (Wildman–Crippen MR) is 95.1 cm³/mol. The number of benzene rings is 1. The molecule has 0 saturated carbocycles. The van der Waals surface area contributed by atoms with Crippen LogP contribution in [0.1, 0.15) is 5.56 Å². The summed E-state index contributed by atoms with van der Waals surface area (Å²) in [4.78, 5) is 29.0. The Bertz CT molecular complexity index is 1100. The molecule has 0 aliphatic rings. The van der Waals surface area contributed by atoms with E-state index in [1.807, 2.05) is 12.1 Å². The van der Waals surface area contributed by atoms with Gasteiger partial charge in [-0.05, 0) is 17.7 Å². The lowest BCUT2D eigenvalue weighted by Crippen LogP contribution is -2.37. The second-order valence-corrected chi connectivity index (χ2v) is 5.91. The van der Waals surface area contributed by atoms with Crippen molar-refractivity contribution in [3.8, 4) is 18.4 Å². The van der Waals surface area contributed by atoms with Crippen LogP contribution in [0, 0.1) is 12.3 Å². The minimum atomic E-state index is -0.461. The molecule has 0 unspecified atom stereocenters. The highest BCUT2D eigenvalue weighted by Gasteiger charge is 2.20. The topological polar surface area (TPSA) is 71.1 Å². The van der Waals surface area contributed by atoms with Gasteiger partial charge in [0.05, 0.1) is 6.54 Å². The van der Waals surface area contributed by atoms with Gasteiger partial charge in [0, 0.05) is 19.1 Å². The van der Waals surface area contributed by atoms with Gasteiger partial charge in [-0.2, -0.15) is 4.98 Å². The number of rotatable bonds is 4. The highest BCUT2D eigenvalue weighted by molar-refractivity contribution is 6.30. The minimum absolute atomic E-state index is 0.00178. The molecule has 0 radical (unpaired) electrons. The van der Waals surface area contributed by atoms with Crippen molar-refractivity contribution < 1.29 is 4.74 Å². The Morgan fingerprint density at radius 3 is 2.52 bits per heavy atom. The summed E-state index contributed by atoms with van der Waals surface area (Å²) in [6.45, 7) is 0.319. The third-order valence-corrected chi connectivity index (χ3v) is 4.10. The number of aryl methyl sites for hydroxylation is 1. The number of aromatic nitrogens is 4. The summed E-state index contributed by atoms with van der Waals surface area (Å²) in [7, 11) is 2.97. The van der Waals surface area contributed by atoms with Crippen molar-refractivity contribution >= 4 is 22.8 Å². The largest absolute Gasteiger partial charge is 0.451 e. The molecule has 7 nitrogen and oxygen atoms in total. The van der Waals surface area contributed by atoms with E-state index >= 15 is 0 Å². The zero-order valence-electron chi connectivity index (χ0n) is 13.7. The fraction of sp³-hybridized carbons (Fsp3) is 0.235. The fourth-order valence-corrected chi connectivity index (χ4v) is 2.69. The first-order valence-corrected chi connectivity index (χ1v) is 7.78. The zero-order valence-corrected chi connectivity index (χ0v) is 14.4. The van der Waals surface area contributed by atoms with Crippen LogP contribution in [0.3, 0.4) is 0 Å². The first-order chi connectivity index (χ1) is 11.9. The Balaban J connectivity index is 2.26. The number of nitrogens with zero attached hydrogens (tertiary/aromatic N) is 4. The van der Waals surface area contributed by atoms with Crippen molar-refractivity contribution in [3.05, 3.63) is 55.7 Å². The second kappa shape index (κ2) is 6.49. The molecule has 0 aliphatic heterocycles. The molecule has 0 fully saturated rings. The van der Waals surface area contributed by atoms with Gasteiger partial charge in [-0.1, -0.05) is 29.7 Å². The minimum Gasteiger partial charge on any atom is -0.451 e. The number of hydrogen-bond donors (Lipinski definition) is 0. The first kappa shape index (κ1) is 16.9. The summed E-state index contributed by atoms with van der Waals surface area (Å²) >= 11 is 5.92. The average Bonchev–Trinajstić information content (AvgIpc) is 2.96. The van der Waals surface area contributed by atoms with E-state index < -0.39 is 11.2 Å². The summed E-state index contributed by atoms with van der Waals surface area (Å²) in [5, 5.41) is 0.612. The van der Waals surface area contributed by atoms with Gasteiger partial charge in [-0.3, -0.25) is 18.5 Å². The summed E-state index contributed by atoms with van der Waals surface area (Å²) in [5.74, 6) is 2.37. The lowest BCUT2D eigenvalue weighted by atomic mass is 10.2. The molecule has 1 aromatic carbocycles. The summed E-state index contributed by atoms with van der Waals surface area (Å²) < 4.78 is 9.43. The molecule has 2 heterocycles. The van der Waals surface area contributed by atoms with E-state index in [0.29, 0.717) is 11.6 Å². The van der Waals surface area contributed by atoms with Gasteiger partial charge < -0.3 is 4.74 Å². The van der Waals surface area contributed by atoms with Crippen molar-refractivity contribution in [1.29, 1.82) is 0 Å². The van der Waals surface area contributed by atoms with Crippen molar-refractivity contribution in [2.45, 2.75) is 6.54 Å². The maximum Gasteiger partial charge on any atom is 0.332 e. The molecule has 0 aliphatic carbocycles.